The number of thiocarbonyl (C=S) groups is 1. The van der Waals surface area contributed by atoms with Crippen LogP contribution >= 0.6 is 35.2 Å². The molecule has 1 aromatic heterocycles. The zero-order chi connectivity index (χ0) is 14.0. The standard InChI is InChI=1S/C13H14ClN3S2/c1-13(2,12-16-5-6-19-12)17-10-7-8(14)3-4-9(10)11(15)18/h3-7,17H,1-2H3,(H2,15,18). The first kappa shape index (κ1) is 14.2. The number of nitrogens with zero attached hydrogens (tertiary/aromatic N) is 1. The molecule has 0 aliphatic carbocycles. The fourth-order valence-corrected chi connectivity index (χ4v) is 2.83. The molecule has 0 bridgehead atoms. The smallest absolute Gasteiger partial charge is 0.117 e. The van der Waals surface area contributed by atoms with Crippen LogP contribution in [0.25, 0.3) is 0 Å². The highest BCUT2D eigenvalue weighted by Gasteiger charge is 2.24. The van der Waals surface area contributed by atoms with E-state index in [9.17, 15) is 0 Å². The quantitative estimate of drug-likeness (QED) is 0.844. The summed E-state index contributed by atoms with van der Waals surface area (Å²) >= 11 is 12.7. The van der Waals surface area contributed by atoms with Crippen molar-refractivity contribution in [3.05, 3.63) is 45.4 Å². The molecule has 0 unspecified atom stereocenters. The number of anilines is 1. The van der Waals surface area contributed by atoms with Gasteiger partial charge in [0, 0.05) is 27.9 Å². The van der Waals surface area contributed by atoms with Gasteiger partial charge >= 0.3 is 0 Å². The predicted octanol–water partition coefficient (Wildman–Crippen LogP) is 3.78. The molecule has 0 atom stereocenters. The molecular formula is C13H14ClN3S2. The monoisotopic (exact) mass is 311 g/mol. The number of benzene rings is 1. The van der Waals surface area contributed by atoms with Crippen molar-refractivity contribution in [3.8, 4) is 0 Å². The van der Waals surface area contributed by atoms with Gasteiger partial charge in [0.05, 0.1) is 5.54 Å². The number of halogens is 1. The maximum absolute atomic E-state index is 6.04. The first-order chi connectivity index (χ1) is 8.90. The zero-order valence-corrected chi connectivity index (χ0v) is 13.0. The van der Waals surface area contributed by atoms with Crippen molar-refractivity contribution in [1.29, 1.82) is 0 Å². The van der Waals surface area contributed by atoms with Crippen LogP contribution < -0.4 is 11.1 Å². The third-order valence-corrected chi connectivity index (χ3v) is 4.21. The van der Waals surface area contributed by atoms with Gasteiger partial charge in [-0.15, -0.1) is 11.3 Å². The van der Waals surface area contributed by atoms with Gasteiger partial charge in [0.1, 0.15) is 10.00 Å². The number of hydrogen-bond acceptors (Lipinski definition) is 4. The van der Waals surface area contributed by atoms with E-state index in [0.29, 0.717) is 10.0 Å². The predicted molar refractivity (Wildman–Crippen MR) is 86.1 cm³/mol. The minimum Gasteiger partial charge on any atom is -0.389 e. The van der Waals surface area contributed by atoms with Crippen molar-refractivity contribution in [2.24, 2.45) is 5.73 Å². The molecular weight excluding hydrogens is 298 g/mol. The van der Waals surface area contributed by atoms with Gasteiger partial charge in [-0.1, -0.05) is 23.8 Å². The minimum absolute atomic E-state index is 0.321. The van der Waals surface area contributed by atoms with E-state index >= 15 is 0 Å². The second kappa shape index (κ2) is 5.45. The molecule has 1 heterocycles. The van der Waals surface area contributed by atoms with E-state index in [2.05, 4.69) is 24.1 Å². The highest BCUT2D eigenvalue weighted by molar-refractivity contribution is 7.80. The molecule has 3 N–H and O–H groups in total. The van der Waals surface area contributed by atoms with Crippen molar-refractivity contribution in [3.63, 3.8) is 0 Å². The van der Waals surface area contributed by atoms with Gasteiger partial charge in [-0.2, -0.15) is 0 Å². The van der Waals surface area contributed by atoms with Crippen LogP contribution in [0.3, 0.4) is 0 Å². The lowest BCUT2D eigenvalue weighted by Crippen LogP contribution is -2.29. The summed E-state index contributed by atoms with van der Waals surface area (Å²) in [5, 5.41) is 6.98. The summed E-state index contributed by atoms with van der Waals surface area (Å²) in [5.74, 6) is 0. The van der Waals surface area contributed by atoms with Crippen molar-refractivity contribution >= 4 is 45.8 Å². The summed E-state index contributed by atoms with van der Waals surface area (Å²) in [7, 11) is 0. The van der Waals surface area contributed by atoms with Gasteiger partial charge < -0.3 is 11.1 Å². The molecule has 100 valence electrons. The third-order valence-electron chi connectivity index (χ3n) is 2.66. The van der Waals surface area contributed by atoms with Gasteiger partial charge in [0.15, 0.2) is 0 Å². The fraction of sp³-hybridized carbons (Fsp3) is 0.231. The molecule has 0 saturated carbocycles. The lowest BCUT2D eigenvalue weighted by molar-refractivity contribution is 0.604. The Bertz CT molecular complexity index is 594. The maximum atomic E-state index is 6.04. The van der Waals surface area contributed by atoms with Gasteiger partial charge in [-0.05, 0) is 32.0 Å². The van der Waals surface area contributed by atoms with Crippen LogP contribution in [0.15, 0.2) is 29.8 Å². The third kappa shape index (κ3) is 3.23. The number of hydrogen-bond donors (Lipinski definition) is 2. The average Bonchev–Trinajstić information content (AvgIpc) is 2.81. The van der Waals surface area contributed by atoms with Crippen LogP contribution in [-0.4, -0.2) is 9.97 Å². The molecule has 0 aliphatic heterocycles. The van der Waals surface area contributed by atoms with E-state index in [1.54, 1.807) is 23.6 Å². The number of thiazole rings is 1. The van der Waals surface area contributed by atoms with Crippen LogP contribution in [-0.2, 0) is 5.54 Å². The van der Waals surface area contributed by atoms with E-state index in [1.165, 1.54) is 0 Å². The average molecular weight is 312 g/mol. The van der Waals surface area contributed by atoms with E-state index in [4.69, 9.17) is 29.6 Å². The van der Waals surface area contributed by atoms with E-state index < -0.39 is 0 Å². The Morgan fingerprint density at radius 3 is 2.79 bits per heavy atom. The highest BCUT2D eigenvalue weighted by atomic mass is 35.5. The normalized spacial score (nSPS) is 11.3. The summed E-state index contributed by atoms with van der Waals surface area (Å²) in [4.78, 5) is 4.68. The van der Waals surface area contributed by atoms with Gasteiger partial charge in [0.25, 0.3) is 0 Å². The Morgan fingerprint density at radius 2 is 2.21 bits per heavy atom. The lowest BCUT2D eigenvalue weighted by Gasteiger charge is -2.26. The van der Waals surface area contributed by atoms with Gasteiger partial charge in [-0.3, -0.25) is 0 Å². The van der Waals surface area contributed by atoms with Crippen LogP contribution in [0, 0.1) is 0 Å². The SMILES string of the molecule is CC(C)(Nc1cc(Cl)ccc1C(N)=S)c1nccs1. The summed E-state index contributed by atoms with van der Waals surface area (Å²) in [6.07, 6.45) is 1.79. The number of nitrogens with two attached hydrogens (primary N) is 1. The number of rotatable bonds is 4. The molecule has 0 fully saturated rings. The number of aromatic nitrogens is 1. The molecule has 2 aromatic rings. The molecule has 6 heteroatoms. The molecule has 0 aliphatic rings. The molecule has 0 amide bonds. The molecule has 0 saturated heterocycles. The van der Waals surface area contributed by atoms with Crippen LogP contribution in [0.1, 0.15) is 24.4 Å². The van der Waals surface area contributed by atoms with E-state index in [-0.39, 0.29) is 5.54 Å². The fourth-order valence-electron chi connectivity index (χ4n) is 1.76. The molecule has 19 heavy (non-hydrogen) atoms. The molecule has 1 aromatic carbocycles. The Morgan fingerprint density at radius 1 is 1.47 bits per heavy atom. The van der Waals surface area contributed by atoms with E-state index in [1.807, 2.05) is 17.5 Å². The second-order valence-electron chi connectivity index (χ2n) is 4.64. The first-order valence-electron chi connectivity index (χ1n) is 5.67. The lowest BCUT2D eigenvalue weighted by atomic mass is 10.0. The summed E-state index contributed by atoms with van der Waals surface area (Å²) < 4.78 is 0. The number of nitrogens with one attached hydrogen (secondary N) is 1. The molecule has 0 radical (unpaired) electrons. The van der Waals surface area contributed by atoms with Crippen molar-refractivity contribution < 1.29 is 0 Å². The van der Waals surface area contributed by atoms with Crippen molar-refractivity contribution in [2.75, 3.05) is 5.32 Å². The first-order valence-corrected chi connectivity index (χ1v) is 7.34. The largest absolute Gasteiger partial charge is 0.389 e. The Kier molecular flexibility index (Phi) is 4.08. The minimum atomic E-state index is -0.321. The highest BCUT2D eigenvalue weighted by Crippen LogP contribution is 2.30. The van der Waals surface area contributed by atoms with Crippen LogP contribution in [0.4, 0.5) is 5.69 Å². The Hall–Kier alpha value is -1.17. The summed E-state index contributed by atoms with van der Waals surface area (Å²) in [5.41, 5.74) is 7.02. The van der Waals surface area contributed by atoms with Crippen molar-refractivity contribution in [1.82, 2.24) is 4.98 Å². The summed E-state index contributed by atoms with van der Waals surface area (Å²) in [6.45, 7) is 4.10. The van der Waals surface area contributed by atoms with E-state index in [0.717, 1.165) is 16.3 Å². The Balaban J connectivity index is 2.38. The zero-order valence-electron chi connectivity index (χ0n) is 10.6. The van der Waals surface area contributed by atoms with Crippen molar-refractivity contribution in [2.45, 2.75) is 19.4 Å². The van der Waals surface area contributed by atoms with Crippen LogP contribution in [0.2, 0.25) is 5.02 Å². The second-order valence-corrected chi connectivity index (χ2v) is 6.41. The molecule has 2 rings (SSSR count). The van der Waals surface area contributed by atoms with Gasteiger partial charge in [-0.25, -0.2) is 4.98 Å². The Labute approximate surface area is 126 Å². The molecule has 3 nitrogen and oxygen atoms in total. The van der Waals surface area contributed by atoms with Crippen LogP contribution in [0.5, 0.6) is 0 Å². The summed E-state index contributed by atoms with van der Waals surface area (Å²) in [6, 6.07) is 5.42. The van der Waals surface area contributed by atoms with Gasteiger partial charge in [0.2, 0.25) is 0 Å². The topological polar surface area (TPSA) is 50.9 Å². The maximum Gasteiger partial charge on any atom is 0.117 e. The molecule has 0 spiro atoms.